The van der Waals surface area contributed by atoms with Gasteiger partial charge < -0.3 is 4.74 Å². The Morgan fingerprint density at radius 3 is 2.76 bits per heavy atom. The van der Waals surface area contributed by atoms with Gasteiger partial charge in [-0.15, -0.1) is 0 Å². The van der Waals surface area contributed by atoms with Crippen LogP contribution < -0.4 is 0 Å². The maximum absolute atomic E-state index is 12.7. The van der Waals surface area contributed by atoms with Crippen molar-refractivity contribution >= 4 is 33.4 Å². The molecule has 2 rings (SSSR count). The van der Waals surface area contributed by atoms with Crippen LogP contribution in [0.25, 0.3) is 0 Å². The third kappa shape index (κ3) is 4.47. The second kappa shape index (κ2) is 7.15. The van der Waals surface area contributed by atoms with Crippen LogP contribution in [-0.4, -0.2) is 31.5 Å². The van der Waals surface area contributed by atoms with Crippen LogP contribution in [0.1, 0.15) is 24.0 Å². The van der Waals surface area contributed by atoms with Crippen molar-refractivity contribution in [2.75, 3.05) is 20.3 Å². The fourth-order valence-electron chi connectivity index (χ4n) is 2.32. The number of thioether (sulfide) groups is 1. The van der Waals surface area contributed by atoms with Crippen molar-refractivity contribution in [3.8, 4) is 0 Å². The van der Waals surface area contributed by atoms with Gasteiger partial charge in [-0.2, -0.15) is 13.2 Å². The first-order chi connectivity index (χ1) is 9.92. The molecule has 0 atom stereocenters. The highest BCUT2D eigenvalue weighted by molar-refractivity contribution is 9.10. The molecule has 0 unspecified atom stereocenters. The molecule has 0 radical (unpaired) electrons. The molecule has 116 valence electrons. The van der Waals surface area contributed by atoms with Crippen LogP contribution in [0.2, 0.25) is 0 Å². The van der Waals surface area contributed by atoms with Crippen molar-refractivity contribution in [2.24, 2.45) is 4.99 Å². The molecule has 1 aromatic carbocycles. The van der Waals surface area contributed by atoms with Gasteiger partial charge in [0.15, 0.2) is 0 Å². The van der Waals surface area contributed by atoms with E-state index >= 15 is 0 Å². The van der Waals surface area contributed by atoms with E-state index in [2.05, 4.69) is 20.9 Å². The van der Waals surface area contributed by atoms with Crippen LogP contribution in [0.4, 0.5) is 13.2 Å². The zero-order chi connectivity index (χ0) is 15.5. The molecule has 21 heavy (non-hydrogen) atoms. The van der Waals surface area contributed by atoms with Crippen LogP contribution in [0, 0.1) is 0 Å². The number of fused-ring (bicyclic) bond motifs is 1. The Morgan fingerprint density at radius 1 is 1.33 bits per heavy atom. The molecule has 1 aliphatic carbocycles. The normalized spacial score (nSPS) is 16.5. The Kier molecular flexibility index (Phi) is 5.73. The third-order valence-corrected chi connectivity index (χ3v) is 4.69. The summed E-state index contributed by atoms with van der Waals surface area (Å²) in [7, 11) is 1.62. The lowest BCUT2D eigenvalue weighted by atomic mass is 10.1. The molecular formula is C14H15BrF3NOS. The van der Waals surface area contributed by atoms with E-state index in [1.807, 2.05) is 0 Å². The molecule has 7 heteroatoms. The predicted molar refractivity (Wildman–Crippen MR) is 82.3 cm³/mol. The van der Waals surface area contributed by atoms with E-state index in [1.165, 1.54) is 6.07 Å². The van der Waals surface area contributed by atoms with E-state index < -0.39 is 5.51 Å². The van der Waals surface area contributed by atoms with Crippen LogP contribution in [-0.2, 0) is 11.2 Å². The highest BCUT2D eigenvalue weighted by Gasteiger charge is 2.33. The molecular weight excluding hydrogens is 367 g/mol. The molecule has 0 aromatic heterocycles. The van der Waals surface area contributed by atoms with Crippen LogP contribution in [0.5, 0.6) is 0 Å². The van der Waals surface area contributed by atoms with E-state index in [0.717, 1.165) is 28.6 Å². The summed E-state index contributed by atoms with van der Waals surface area (Å²) in [5.41, 5.74) is -1.93. The summed E-state index contributed by atoms with van der Waals surface area (Å²) in [4.78, 5) is 4.71. The molecule has 0 fully saturated rings. The lowest BCUT2D eigenvalue weighted by molar-refractivity contribution is -0.0328. The number of benzene rings is 1. The van der Waals surface area contributed by atoms with Crippen molar-refractivity contribution in [1.29, 1.82) is 0 Å². The first-order valence-corrected chi connectivity index (χ1v) is 8.13. The number of alkyl halides is 3. The summed E-state index contributed by atoms with van der Waals surface area (Å²) in [5.74, 6) is 0. The maximum atomic E-state index is 12.7. The molecule has 0 amide bonds. The fraction of sp³-hybridized carbons (Fsp3) is 0.500. The van der Waals surface area contributed by atoms with Gasteiger partial charge >= 0.3 is 5.51 Å². The van der Waals surface area contributed by atoms with Gasteiger partial charge in [-0.25, -0.2) is 0 Å². The average molecular weight is 382 g/mol. The van der Waals surface area contributed by atoms with Crippen LogP contribution in [0.3, 0.4) is 0 Å². The van der Waals surface area contributed by atoms with Crippen LogP contribution >= 0.6 is 27.7 Å². The number of nitrogens with zero attached hydrogens (tertiary/aromatic N) is 1. The molecule has 1 aromatic rings. The van der Waals surface area contributed by atoms with Crippen molar-refractivity contribution in [3.63, 3.8) is 0 Å². The van der Waals surface area contributed by atoms with Crippen molar-refractivity contribution in [1.82, 2.24) is 0 Å². The van der Waals surface area contributed by atoms with Crippen LogP contribution in [0.15, 0.2) is 26.5 Å². The van der Waals surface area contributed by atoms with E-state index in [9.17, 15) is 13.2 Å². The zero-order valence-corrected chi connectivity index (χ0v) is 13.9. The first kappa shape index (κ1) is 16.8. The summed E-state index contributed by atoms with van der Waals surface area (Å²) in [5, 5.41) is 0. The SMILES string of the molecule is COCCC/N=C1/CCc2c(Br)ccc(SC(F)(F)F)c21. The van der Waals surface area contributed by atoms with Gasteiger partial charge in [0.05, 0.1) is 0 Å². The molecule has 1 aliphatic rings. The number of aliphatic imine (C=N–C) groups is 1. The Balaban J connectivity index is 2.29. The number of rotatable bonds is 5. The quantitative estimate of drug-likeness (QED) is 0.537. The van der Waals surface area contributed by atoms with Gasteiger partial charge in [-0.1, -0.05) is 15.9 Å². The fourth-order valence-corrected chi connectivity index (χ4v) is 3.58. The van der Waals surface area contributed by atoms with E-state index in [-0.39, 0.29) is 16.7 Å². The molecule has 2 nitrogen and oxygen atoms in total. The monoisotopic (exact) mass is 381 g/mol. The lowest BCUT2D eigenvalue weighted by Crippen LogP contribution is -2.05. The lowest BCUT2D eigenvalue weighted by Gasteiger charge is -2.12. The number of hydrogen-bond donors (Lipinski definition) is 0. The summed E-state index contributed by atoms with van der Waals surface area (Å²) >= 11 is 3.35. The second-order valence-electron chi connectivity index (χ2n) is 4.62. The van der Waals surface area contributed by atoms with E-state index in [4.69, 9.17) is 4.74 Å². The Hall–Kier alpha value is -0.530. The van der Waals surface area contributed by atoms with E-state index in [0.29, 0.717) is 25.1 Å². The molecule has 0 saturated carbocycles. The summed E-state index contributed by atoms with van der Waals surface area (Å²) in [6.45, 7) is 1.18. The van der Waals surface area contributed by atoms with Crippen molar-refractivity contribution in [2.45, 2.75) is 29.7 Å². The largest absolute Gasteiger partial charge is 0.446 e. The number of halogens is 4. The summed E-state index contributed by atoms with van der Waals surface area (Å²) in [6, 6.07) is 3.19. The minimum absolute atomic E-state index is 0.0641. The topological polar surface area (TPSA) is 21.6 Å². The number of ether oxygens (including phenoxy) is 1. The Bertz CT molecular complexity index is 546. The minimum atomic E-state index is -4.29. The number of hydrogen-bond acceptors (Lipinski definition) is 3. The molecule has 0 spiro atoms. The third-order valence-electron chi connectivity index (χ3n) is 3.15. The average Bonchev–Trinajstić information content (AvgIpc) is 2.82. The van der Waals surface area contributed by atoms with Gasteiger partial charge in [-0.3, -0.25) is 4.99 Å². The second-order valence-corrected chi connectivity index (χ2v) is 6.58. The van der Waals surface area contributed by atoms with Crippen molar-refractivity contribution < 1.29 is 17.9 Å². The molecule has 0 N–H and O–H groups in total. The highest BCUT2D eigenvalue weighted by atomic mass is 79.9. The smallest absolute Gasteiger partial charge is 0.385 e. The summed E-state index contributed by atoms with van der Waals surface area (Å²) in [6.07, 6.45) is 2.19. The summed E-state index contributed by atoms with van der Waals surface area (Å²) < 4.78 is 43.9. The first-order valence-electron chi connectivity index (χ1n) is 6.52. The van der Waals surface area contributed by atoms with Gasteiger partial charge in [0.1, 0.15) is 0 Å². The molecule has 0 aliphatic heterocycles. The zero-order valence-electron chi connectivity index (χ0n) is 11.5. The standard InChI is InChI=1S/C14H15BrF3NOS/c1-20-8-2-7-19-11-5-3-9-10(15)4-6-12(13(9)11)21-14(16,17)18/h4,6H,2-3,5,7-8H2,1H3/b19-11-. The minimum Gasteiger partial charge on any atom is -0.385 e. The predicted octanol–water partition coefficient (Wildman–Crippen LogP) is 4.83. The van der Waals surface area contributed by atoms with E-state index in [1.54, 1.807) is 13.2 Å². The van der Waals surface area contributed by atoms with Gasteiger partial charge in [-0.05, 0) is 48.7 Å². The molecule has 0 bridgehead atoms. The van der Waals surface area contributed by atoms with Gasteiger partial charge in [0.25, 0.3) is 0 Å². The van der Waals surface area contributed by atoms with Crippen molar-refractivity contribution in [3.05, 3.63) is 27.7 Å². The molecule has 0 saturated heterocycles. The Morgan fingerprint density at radius 2 is 2.10 bits per heavy atom. The van der Waals surface area contributed by atoms with Gasteiger partial charge in [0, 0.05) is 40.9 Å². The number of methoxy groups -OCH3 is 1. The molecule has 0 heterocycles. The highest BCUT2D eigenvalue weighted by Crippen LogP contribution is 2.43. The Labute approximate surface area is 134 Å². The van der Waals surface area contributed by atoms with Gasteiger partial charge in [0.2, 0.25) is 0 Å². The maximum Gasteiger partial charge on any atom is 0.446 e.